The maximum absolute atomic E-state index is 11.7. The number of hydrogen-bond donors (Lipinski definition) is 1. The average Bonchev–Trinajstić information content (AvgIpc) is 2.56. The molecule has 0 bridgehead atoms. The minimum absolute atomic E-state index is 0.0227. The van der Waals surface area contributed by atoms with Crippen LogP contribution >= 0.6 is 0 Å². The van der Waals surface area contributed by atoms with Crippen molar-refractivity contribution in [3.8, 4) is 0 Å². The molecule has 1 N–H and O–H groups in total. The van der Waals surface area contributed by atoms with Crippen LogP contribution < -0.4 is 10.3 Å². The monoisotopic (exact) mass is 335 g/mol. The van der Waals surface area contributed by atoms with Crippen LogP contribution in [0.25, 0.3) is 0 Å². The summed E-state index contributed by atoms with van der Waals surface area (Å²) in [7, 11) is 2.07. The average molecular weight is 335 g/mol. The Hall–Kier alpha value is -2.00. The molecule has 1 unspecified atom stereocenters. The highest BCUT2D eigenvalue weighted by Crippen LogP contribution is 2.34. The number of nitrogens with zero attached hydrogens (tertiary/aromatic N) is 6. The van der Waals surface area contributed by atoms with Crippen molar-refractivity contribution in [2.75, 3.05) is 56.6 Å². The highest BCUT2D eigenvalue weighted by Gasteiger charge is 2.30. The molecule has 0 aromatic carbocycles. The van der Waals surface area contributed by atoms with Crippen molar-refractivity contribution in [2.24, 2.45) is 5.92 Å². The summed E-state index contributed by atoms with van der Waals surface area (Å²) >= 11 is 0. The molecule has 3 rings (SSSR count). The Morgan fingerprint density at radius 3 is 2.67 bits per heavy atom. The maximum atomic E-state index is 11.7. The van der Waals surface area contributed by atoms with Crippen molar-refractivity contribution in [1.29, 1.82) is 0 Å². The Morgan fingerprint density at radius 1 is 1.25 bits per heavy atom. The van der Waals surface area contributed by atoms with Gasteiger partial charge in [-0.2, -0.15) is 0 Å². The third kappa shape index (κ3) is 3.73. The van der Waals surface area contributed by atoms with Crippen molar-refractivity contribution >= 4 is 17.3 Å². The van der Waals surface area contributed by atoms with Gasteiger partial charge in [-0.3, -0.25) is 15.5 Å². The van der Waals surface area contributed by atoms with E-state index in [1.54, 1.807) is 0 Å². The van der Waals surface area contributed by atoms with Crippen molar-refractivity contribution in [3.05, 3.63) is 16.4 Å². The molecule has 2 aliphatic heterocycles. The summed E-state index contributed by atoms with van der Waals surface area (Å²) in [5.41, 5.74) is 3.11. The molecule has 0 aliphatic carbocycles. The molecule has 2 saturated heterocycles. The summed E-state index contributed by atoms with van der Waals surface area (Å²) in [6.07, 6.45) is 3.60. The van der Waals surface area contributed by atoms with Crippen LogP contribution in [-0.4, -0.2) is 71.1 Å². The van der Waals surface area contributed by atoms with Crippen LogP contribution in [0.3, 0.4) is 0 Å². The minimum atomic E-state index is -0.368. The summed E-state index contributed by atoms with van der Waals surface area (Å²) in [6, 6.07) is 0. The van der Waals surface area contributed by atoms with E-state index >= 15 is 0 Å². The van der Waals surface area contributed by atoms with Crippen molar-refractivity contribution in [2.45, 2.75) is 19.8 Å². The second kappa shape index (κ2) is 7.27. The lowest BCUT2D eigenvalue weighted by Crippen LogP contribution is -2.47. The van der Waals surface area contributed by atoms with Crippen molar-refractivity contribution in [3.63, 3.8) is 0 Å². The summed E-state index contributed by atoms with van der Waals surface area (Å²) in [4.78, 5) is 23.9. The highest BCUT2D eigenvalue weighted by molar-refractivity contribution is 5.70. The van der Waals surface area contributed by atoms with E-state index in [-0.39, 0.29) is 16.4 Å². The Morgan fingerprint density at radius 2 is 2.00 bits per heavy atom. The molecule has 0 amide bonds. The molecule has 9 nitrogen and oxygen atoms in total. The molecule has 3 heterocycles. The lowest BCUT2D eigenvalue weighted by atomic mass is 10.0. The molecular weight excluding hydrogens is 310 g/mol. The van der Waals surface area contributed by atoms with E-state index in [1.165, 1.54) is 6.33 Å². The van der Waals surface area contributed by atoms with Crippen molar-refractivity contribution in [1.82, 2.24) is 19.9 Å². The van der Waals surface area contributed by atoms with E-state index in [0.717, 1.165) is 52.1 Å². The third-order valence-corrected chi connectivity index (χ3v) is 4.71. The standard InChI is InChI=1S/C15H25N7O2/c1-12-4-3-5-20(10-12)15-13(22(23)24)14(16-11-17-15)18-21-8-6-19(2)7-9-21/h11-12H,3-10H2,1-2H3,(H,16,17,18). The fourth-order valence-corrected chi connectivity index (χ4v) is 3.30. The van der Waals surface area contributed by atoms with Crippen LogP contribution in [0.15, 0.2) is 6.33 Å². The zero-order chi connectivity index (χ0) is 17.1. The maximum Gasteiger partial charge on any atom is 0.354 e. The number of piperazine rings is 1. The zero-order valence-electron chi connectivity index (χ0n) is 14.3. The van der Waals surface area contributed by atoms with Crippen LogP contribution in [-0.2, 0) is 0 Å². The van der Waals surface area contributed by atoms with Gasteiger partial charge < -0.3 is 9.80 Å². The van der Waals surface area contributed by atoms with E-state index in [9.17, 15) is 10.1 Å². The third-order valence-electron chi connectivity index (χ3n) is 4.71. The Labute approximate surface area is 141 Å². The molecule has 1 aromatic heterocycles. The number of anilines is 2. The predicted molar refractivity (Wildman–Crippen MR) is 92.0 cm³/mol. The highest BCUT2D eigenvalue weighted by atomic mass is 16.6. The normalized spacial score (nSPS) is 23.2. The smallest absolute Gasteiger partial charge is 0.350 e. The number of nitro groups is 1. The van der Waals surface area contributed by atoms with Gasteiger partial charge in [0.1, 0.15) is 6.33 Å². The van der Waals surface area contributed by atoms with E-state index in [0.29, 0.717) is 11.7 Å². The minimum Gasteiger partial charge on any atom is -0.350 e. The summed E-state index contributed by atoms with van der Waals surface area (Å²) in [5.74, 6) is 1.23. The van der Waals surface area contributed by atoms with E-state index in [2.05, 4.69) is 34.3 Å². The molecule has 0 saturated carbocycles. The molecule has 24 heavy (non-hydrogen) atoms. The lowest BCUT2D eigenvalue weighted by Gasteiger charge is -2.33. The number of rotatable bonds is 4. The first-order chi connectivity index (χ1) is 11.5. The summed E-state index contributed by atoms with van der Waals surface area (Å²) < 4.78 is 0. The molecule has 2 aliphatic rings. The molecule has 0 spiro atoms. The number of hydrogen-bond acceptors (Lipinski definition) is 8. The fraction of sp³-hybridized carbons (Fsp3) is 0.733. The molecule has 132 valence electrons. The Kier molecular flexibility index (Phi) is 5.10. The molecule has 0 radical (unpaired) electrons. The van der Waals surface area contributed by atoms with Crippen LogP contribution in [0.4, 0.5) is 17.3 Å². The predicted octanol–water partition coefficient (Wildman–Crippen LogP) is 1.20. The SMILES string of the molecule is CC1CCCN(c2ncnc(NN3CCN(C)CC3)c2[N+](=O)[O-])C1. The van der Waals surface area contributed by atoms with Gasteiger partial charge in [-0.1, -0.05) is 6.92 Å². The lowest BCUT2D eigenvalue weighted by molar-refractivity contribution is -0.383. The van der Waals surface area contributed by atoms with Crippen LogP contribution in [0, 0.1) is 16.0 Å². The second-order valence-corrected chi connectivity index (χ2v) is 6.75. The summed E-state index contributed by atoms with van der Waals surface area (Å²) in [6.45, 7) is 7.21. The number of likely N-dealkylation sites (N-methyl/N-ethyl adjacent to an activating group) is 1. The first kappa shape index (κ1) is 16.8. The van der Waals surface area contributed by atoms with Gasteiger partial charge in [0.15, 0.2) is 0 Å². The number of nitrogens with one attached hydrogen (secondary N) is 1. The van der Waals surface area contributed by atoms with Gasteiger partial charge in [0, 0.05) is 39.3 Å². The molecular formula is C15H25N7O2. The molecule has 1 atom stereocenters. The Bertz CT molecular complexity index is 589. The van der Waals surface area contributed by atoms with Gasteiger partial charge in [-0.25, -0.2) is 15.0 Å². The van der Waals surface area contributed by atoms with Gasteiger partial charge in [0.05, 0.1) is 4.92 Å². The van der Waals surface area contributed by atoms with Gasteiger partial charge in [-0.15, -0.1) is 0 Å². The molecule has 1 aromatic rings. The quantitative estimate of drug-likeness (QED) is 0.648. The first-order valence-corrected chi connectivity index (χ1v) is 8.49. The van der Waals surface area contributed by atoms with Crippen LogP contribution in [0.1, 0.15) is 19.8 Å². The molecule has 2 fully saturated rings. The largest absolute Gasteiger partial charge is 0.354 e. The topological polar surface area (TPSA) is 90.7 Å². The second-order valence-electron chi connectivity index (χ2n) is 6.75. The van der Waals surface area contributed by atoms with Crippen LogP contribution in [0.2, 0.25) is 0 Å². The molecule has 9 heteroatoms. The van der Waals surface area contributed by atoms with Crippen LogP contribution in [0.5, 0.6) is 0 Å². The van der Waals surface area contributed by atoms with E-state index in [4.69, 9.17) is 0 Å². The van der Waals surface area contributed by atoms with Gasteiger partial charge in [0.2, 0.25) is 11.6 Å². The van der Waals surface area contributed by atoms with Gasteiger partial charge in [0.25, 0.3) is 0 Å². The Balaban J connectivity index is 1.83. The first-order valence-electron chi connectivity index (χ1n) is 8.49. The number of aromatic nitrogens is 2. The number of piperidine rings is 1. The van der Waals surface area contributed by atoms with Gasteiger partial charge >= 0.3 is 5.69 Å². The summed E-state index contributed by atoms with van der Waals surface area (Å²) in [5, 5.41) is 13.7. The van der Waals surface area contributed by atoms with E-state index in [1.807, 2.05) is 9.91 Å². The van der Waals surface area contributed by atoms with Crippen molar-refractivity contribution < 1.29 is 4.92 Å². The fourth-order valence-electron chi connectivity index (χ4n) is 3.30. The number of hydrazine groups is 1. The van der Waals surface area contributed by atoms with Gasteiger partial charge in [-0.05, 0) is 25.8 Å². The van der Waals surface area contributed by atoms with E-state index < -0.39 is 0 Å². The zero-order valence-corrected chi connectivity index (χ0v) is 14.3.